The molecule has 1 unspecified atom stereocenters. The van der Waals surface area contributed by atoms with E-state index in [0.29, 0.717) is 30.6 Å². The number of aromatic nitrogens is 1. The fourth-order valence-electron chi connectivity index (χ4n) is 5.76. The molecule has 1 saturated carbocycles. The lowest BCUT2D eigenvalue weighted by molar-refractivity contribution is -0.137. The van der Waals surface area contributed by atoms with Crippen LogP contribution in [0.1, 0.15) is 59.5 Å². The van der Waals surface area contributed by atoms with Gasteiger partial charge < -0.3 is 24.4 Å². The fraction of sp³-hybridized carbons (Fsp3) is 0.424. The molecular formula is C33H39N3O5. The quantitative estimate of drug-likeness (QED) is 0.309. The molecule has 1 aliphatic heterocycles. The first-order valence-corrected chi connectivity index (χ1v) is 14.4. The number of ether oxygens (including phenoxy) is 2. The van der Waals surface area contributed by atoms with Gasteiger partial charge in [0.2, 0.25) is 0 Å². The van der Waals surface area contributed by atoms with Gasteiger partial charge in [0, 0.05) is 45.1 Å². The van der Waals surface area contributed by atoms with Crippen LogP contribution in [0.25, 0.3) is 0 Å². The molecule has 216 valence electrons. The van der Waals surface area contributed by atoms with Gasteiger partial charge in [-0.25, -0.2) is 0 Å². The summed E-state index contributed by atoms with van der Waals surface area (Å²) in [7, 11) is 3.46. The maximum Gasteiger partial charge on any atom is 0.303 e. The minimum absolute atomic E-state index is 0.0377. The molecule has 8 nitrogen and oxygen atoms in total. The van der Waals surface area contributed by atoms with Gasteiger partial charge in [0.05, 0.1) is 31.4 Å². The van der Waals surface area contributed by atoms with Gasteiger partial charge in [0.1, 0.15) is 11.5 Å². The number of carbonyl (C=O) groups excluding carboxylic acids is 1. The lowest BCUT2D eigenvalue weighted by atomic mass is 9.91. The van der Waals surface area contributed by atoms with E-state index >= 15 is 0 Å². The monoisotopic (exact) mass is 557 g/mol. The molecule has 0 spiro atoms. The van der Waals surface area contributed by atoms with E-state index in [1.54, 1.807) is 24.4 Å². The standard InChI is InChI=1S/C33H39N3O5/c1-35(21-24-5-4-14-34-20-24)33(39)29-11-10-27(40-2)18-31(29)36-15-12-23(13-16-36)22-41-28-7-3-6-26(17-28)30(19-32(37)38)25-8-9-25/h3-7,10-11,14,17-18,20,23,25,30H,8-9,12-13,15-16,19,21-22H2,1-2H3,(H,37,38). The van der Waals surface area contributed by atoms with Crippen LogP contribution in [0.2, 0.25) is 0 Å². The molecule has 1 saturated heterocycles. The first kappa shape index (κ1) is 28.5. The number of hydrogen-bond acceptors (Lipinski definition) is 6. The largest absolute Gasteiger partial charge is 0.497 e. The van der Waals surface area contributed by atoms with Crippen LogP contribution in [-0.2, 0) is 11.3 Å². The normalized spacial score (nSPS) is 16.2. The molecule has 0 radical (unpaired) electrons. The highest BCUT2D eigenvalue weighted by Gasteiger charge is 2.34. The minimum atomic E-state index is -0.749. The number of rotatable bonds is 12. The van der Waals surface area contributed by atoms with Crippen LogP contribution < -0.4 is 14.4 Å². The van der Waals surface area contributed by atoms with Crippen molar-refractivity contribution in [3.63, 3.8) is 0 Å². The van der Waals surface area contributed by atoms with Gasteiger partial charge in [0.25, 0.3) is 5.91 Å². The van der Waals surface area contributed by atoms with Crippen molar-refractivity contribution in [2.24, 2.45) is 11.8 Å². The maximum atomic E-state index is 13.5. The number of amides is 1. The zero-order valence-corrected chi connectivity index (χ0v) is 23.9. The van der Waals surface area contributed by atoms with E-state index in [-0.39, 0.29) is 18.2 Å². The van der Waals surface area contributed by atoms with Gasteiger partial charge in [0.15, 0.2) is 0 Å². The average molecular weight is 558 g/mol. The Morgan fingerprint density at radius 2 is 1.85 bits per heavy atom. The molecule has 2 aliphatic rings. The summed E-state index contributed by atoms with van der Waals surface area (Å²) in [5.74, 6) is 1.66. The lowest BCUT2D eigenvalue weighted by Gasteiger charge is -2.35. The van der Waals surface area contributed by atoms with E-state index in [9.17, 15) is 14.7 Å². The van der Waals surface area contributed by atoms with Crippen molar-refractivity contribution in [3.8, 4) is 11.5 Å². The second-order valence-electron chi connectivity index (χ2n) is 11.3. The average Bonchev–Trinajstić information content (AvgIpc) is 3.84. The molecule has 2 fully saturated rings. The molecule has 3 aromatic rings. The Morgan fingerprint density at radius 3 is 2.54 bits per heavy atom. The fourth-order valence-corrected chi connectivity index (χ4v) is 5.76. The van der Waals surface area contributed by atoms with Gasteiger partial charge in [-0.3, -0.25) is 14.6 Å². The molecule has 1 amide bonds. The third-order valence-corrected chi connectivity index (χ3v) is 8.24. The maximum absolute atomic E-state index is 13.5. The number of carboxylic acids is 1. The number of methoxy groups -OCH3 is 1. The van der Waals surface area contributed by atoms with Crippen LogP contribution in [0.15, 0.2) is 67.0 Å². The molecule has 2 heterocycles. The Hall–Kier alpha value is -4.07. The summed E-state index contributed by atoms with van der Waals surface area (Å²) >= 11 is 0. The van der Waals surface area contributed by atoms with E-state index in [0.717, 1.165) is 67.1 Å². The molecule has 0 bridgehead atoms. The van der Waals surface area contributed by atoms with Crippen molar-refractivity contribution in [2.75, 3.05) is 38.8 Å². The Balaban J connectivity index is 1.20. The number of benzene rings is 2. The topological polar surface area (TPSA) is 92.2 Å². The van der Waals surface area contributed by atoms with Gasteiger partial charge >= 0.3 is 5.97 Å². The van der Waals surface area contributed by atoms with Crippen molar-refractivity contribution >= 4 is 17.6 Å². The molecule has 8 heteroatoms. The van der Waals surface area contributed by atoms with Gasteiger partial charge in [-0.2, -0.15) is 0 Å². The third kappa shape index (κ3) is 7.37. The summed E-state index contributed by atoms with van der Waals surface area (Å²) in [5.41, 5.74) is 3.60. The molecule has 1 aromatic heterocycles. The second kappa shape index (κ2) is 13.1. The van der Waals surface area contributed by atoms with E-state index in [2.05, 4.69) is 9.88 Å². The second-order valence-corrected chi connectivity index (χ2v) is 11.3. The third-order valence-electron chi connectivity index (χ3n) is 8.24. The Bertz CT molecular complexity index is 1340. The minimum Gasteiger partial charge on any atom is -0.497 e. The van der Waals surface area contributed by atoms with E-state index < -0.39 is 5.97 Å². The molecule has 41 heavy (non-hydrogen) atoms. The number of aliphatic carboxylic acids is 1. The summed E-state index contributed by atoms with van der Waals surface area (Å²) < 4.78 is 11.7. The highest BCUT2D eigenvalue weighted by molar-refractivity contribution is 6.00. The molecule has 2 aromatic carbocycles. The SMILES string of the molecule is COc1ccc(C(=O)N(C)Cc2cccnc2)c(N2CCC(COc3cccc(C(CC(=O)O)C4CC4)c3)CC2)c1. The number of nitrogens with zero attached hydrogens (tertiary/aromatic N) is 3. The summed E-state index contributed by atoms with van der Waals surface area (Å²) in [4.78, 5) is 33.1. The van der Waals surface area contributed by atoms with E-state index in [1.165, 1.54) is 0 Å². The number of anilines is 1. The molecular weight excluding hydrogens is 518 g/mol. The summed E-state index contributed by atoms with van der Waals surface area (Å²) in [6, 6.07) is 17.5. The van der Waals surface area contributed by atoms with Crippen LogP contribution in [0.5, 0.6) is 11.5 Å². The molecule has 1 aliphatic carbocycles. The summed E-state index contributed by atoms with van der Waals surface area (Å²) in [6.45, 7) is 2.73. The van der Waals surface area contributed by atoms with Crippen molar-refractivity contribution < 1.29 is 24.2 Å². The van der Waals surface area contributed by atoms with Crippen LogP contribution in [-0.4, -0.2) is 60.7 Å². The van der Waals surface area contributed by atoms with Crippen LogP contribution >= 0.6 is 0 Å². The Morgan fingerprint density at radius 1 is 1.05 bits per heavy atom. The zero-order valence-electron chi connectivity index (χ0n) is 23.9. The number of hydrogen-bond donors (Lipinski definition) is 1. The van der Waals surface area contributed by atoms with E-state index in [1.807, 2.05) is 61.6 Å². The Labute approximate surface area is 241 Å². The lowest BCUT2D eigenvalue weighted by Crippen LogP contribution is -2.37. The number of pyridine rings is 1. The number of piperidine rings is 1. The van der Waals surface area contributed by atoms with Crippen molar-refractivity contribution in [3.05, 3.63) is 83.7 Å². The molecule has 1 atom stereocenters. The Kier molecular flexibility index (Phi) is 9.07. The van der Waals surface area contributed by atoms with Crippen molar-refractivity contribution in [1.82, 2.24) is 9.88 Å². The van der Waals surface area contributed by atoms with Gasteiger partial charge in [-0.15, -0.1) is 0 Å². The van der Waals surface area contributed by atoms with Crippen LogP contribution in [0, 0.1) is 11.8 Å². The summed E-state index contributed by atoms with van der Waals surface area (Å²) in [5, 5.41) is 9.37. The molecule has 1 N–H and O–H groups in total. The predicted molar refractivity (Wildman–Crippen MR) is 158 cm³/mol. The van der Waals surface area contributed by atoms with Crippen LogP contribution in [0.4, 0.5) is 5.69 Å². The van der Waals surface area contributed by atoms with Crippen molar-refractivity contribution in [2.45, 2.75) is 44.6 Å². The van der Waals surface area contributed by atoms with Gasteiger partial charge in [-0.1, -0.05) is 18.2 Å². The van der Waals surface area contributed by atoms with Crippen molar-refractivity contribution in [1.29, 1.82) is 0 Å². The highest BCUT2D eigenvalue weighted by atomic mass is 16.5. The number of carbonyl (C=O) groups is 2. The van der Waals surface area contributed by atoms with Crippen LogP contribution in [0.3, 0.4) is 0 Å². The van der Waals surface area contributed by atoms with E-state index in [4.69, 9.17) is 9.47 Å². The predicted octanol–water partition coefficient (Wildman–Crippen LogP) is 5.63. The number of carboxylic acid groups (broad SMARTS) is 1. The van der Waals surface area contributed by atoms with Gasteiger partial charge in [-0.05, 0) is 84.9 Å². The zero-order chi connectivity index (χ0) is 28.8. The summed E-state index contributed by atoms with van der Waals surface area (Å²) in [6.07, 6.45) is 7.76. The smallest absolute Gasteiger partial charge is 0.303 e. The first-order chi connectivity index (χ1) is 19.9. The first-order valence-electron chi connectivity index (χ1n) is 14.4. The highest BCUT2D eigenvalue weighted by Crippen LogP contribution is 2.45. The molecule has 5 rings (SSSR count).